The summed E-state index contributed by atoms with van der Waals surface area (Å²) >= 11 is 0. The quantitative estimate of drug-likeness (QED) is 0.543. The molecule has 0 rings (SSSR count). The molecule has 3 nitrogen and oxygen atoms in total. The summed E-state index contributed by atoms with van der Waals surface area (Å²) < 4.78 is 5.42. The first-order valence-electron chi connectivity index (χ1n) is 5.06. The fourth-order valence-electron chi connectivity index (χ4n) is 0.990. The van der Waals surface area contributed by atoms with Gasteiger partial charge in [-0.3, -0.25) is 4.79 Å². The summed E-state index contributed by atoms with van der Waals surface area (Å²) in [5.74, 6) is 1.74. The molecular formula is C12H20O3. The zero-order valence-corrected chi connectivity index (χ0v) is 9.96. The molecule has 0 aliphatic heterocycles. The average molecular weight is 212 g/mol. The third-order valence-corrected chi connectivity index (χ3v) is 2.34. The lowest BCUT2D eigenvalue weighted by atomic mass is 9.88. The third kappa shape index (κ3) is 5.44. The highest BCUT2D eigenvalue weighted by Crippen LogP contribution is 2.22. The Morgan fingerprint density at radius 3 is 2.33 bits per heavy atom. The summed E-state index contributed by atoms with van der Waals surface area (Å²) in [6.07, 6.45) is 6.54. The van der Waals surface area contributed by atoms with Gasteiger partial charge >= 0.3 is 5.97 Å². The number of rotatable bonds is 6. The van der Waals surface area contributed by atoms with Crippen LogP contribution in [0.2, 0.25) is 0 Å². The Bertz CT molecular complexity index is 259. The van der Waals surface area contributed by atoms with Crippen molar-refractivity contribution < 1.29 is 14.6 Å². The number of carboxylic acids is 1. The van der Waals surface area contributed by atoms with Gasteiger partial charge in [0.05, 0.1) is 5.41 Å². The highest BCUT2D eigenvalue weighted by Gasteiger charge is 2.26. The van der Waals surface area contributed by atoms with Crippen molar-refractivity contribution in [3.05, 3.63) is 0 Å². The van der Waals surface area contributed by atoms with E-state index in [4.69, 9.17) is 16.3 Å². The smallest absolute Gasteiger partial charge is 0.309 e. The lowest BCUT2D eigenvalue weighted by Gasteiger charge is -2.21. The second-order valence-corrected chi connectivity index (χ2v) is 4.80. The third-order valence-electron chi connectivity index (χ3n) is 2.34. The standard InChI is InChI=1S/C12H20O3/c1-6-12(4,5)15-9-7-8-11(2,3)10(13)14/h1H,7-9H2,2-5H3,(H,13,14). The number of ether oxygens (including phenoxy) is 1. The number of aliphatic carboxylic acids is 1. The van der Waals surface area contributed by atoms with Gasteiger partial charge in [0.2, 0.25) is 0 Å². The van der Waals surface area contributed by atoms with E-state index in [0.29, 0.717) is 19.4 Å². The van der Waals surface area contributed by atoms with E-state index in [1.165, 1.54) is 0 Å². The summed E-state index contributed by atoms with van der Waals surface area (Å²) in [5, 5.41) is 8.87. The molecule has 15 heavy (non-hydrogen) atoms. The molecule has 0 aromatic heterocycles. The molecule has 86 valence electrons. The van der Waals surface area contributed by atoms with Crippen LogP contribution in [0.4, 0.5) is 0 Å². The highest BCUT2D eigenvalue weighted by atomic mass is 16.5. The van der Waals surface area contributed by atoms with Gasteiger partial charge in [-0.25, -0.2) is 0 Å². The van der Waals surface area contributed by atoms with Gasteiger partial charge in [0.15, 0.2) is 0 Å². The van der Waals surface area contributed by atoms with Crippen molar-refractivity contribution in [2.45, 2.75) is 46.1 Å². The van der Waals surface area contributed by atoms with E-state index in [9.17, 15) is 4.79 Å². The normalized spacial score (nSPS) is 12.2. The lowest BCUT2D eigenvalue weighted by Crippen LogP contribution is -2.26. The van der Waals surface area contributed by atoms with Crippen molar-refractivity contribution in [1.29, 1.82) is 0 Å². The molecular weight excluding hydrogens is 192 g/mol. The summed E-state index contributed by atoms with van der Waals surface area (Å²) in [7, 11) is 0. The first-order valence-corrected chi connectivity index (χ1v) is 5.06. The van der Waals surface area contributed by atoms with Crippen LogP contribution in [0.1, 0.15) is 40.5 Å². The zero-order chi connectivity index (χ0) is 12.1. The SMILES string of the molecule is C#CC(C)(C)OCCCC(C)(C)C(=O)O. The van der Waals surface area contributed by atoms with Crippen LogP contribution in [0.25, 0.3) is 0 Å². The van der Waals surface area contributed by atoms with Crippen LogP contribution in [0.3, 0.4) is 0 Å². The molecule has 0 radical (unpaired) electrons. The van der Waals surface area contributed by atoms with Crippen molar-refractivity contribution in [2.24, 2.45) is 5.41 Å². The predicted octanol–water partition coefficient (Wildman–Crippen LogP) is 2.31. The highest BCUT2D eigenvalue weighted by molar-refractivity contribution is 5.73. The molecule has 1 N–H and O–H groups in total. The van der Waals surface area contributed by atoms with Crippen LogP contribution in [-0.4, -0.2) is 23.3 Å². The lowest BCUT2D eigenvalue weighted by molar-refractivity contribution is -0.147. The number of carboxylic acid groups (broad SMARTS) is 1. The molecule has 0 spiro atoms. The van der Waals surface area contributed by atoms with Gasteiger partial charge in [-0.1, -0.05) is 5.92 Å². The van der Waals surface area contributed by atoms with E-state index in [2.05, 4.69) is 5.92 Å². The maximum absolute atomic E-state index is 10.8. The monoisotopic (exact) mass is 212 g/mol. The Labute approximate surface area is 91.8 Å². The van der Waals surface area contributed by atoms with Crippen molar-refractivity contribution in [1.82, 2.24) is 0 Å². The number of carbonyl (C=O) groups is 1. The van der Waals surface area contributed by atoms with Crippen molar-refractivity contribution in [3.63, 3.8) is 0 Å². The van der Waals surface area contributed by atoms with Gasteiger partial charge in [0.25, 0.3) is 0 Å². The summed E-state index contributed by atoms with van der Waals surface area (Å²) in [6.45, 7) is 7.54. The van der Waals surface area contributed by atoms with E-state index in [0.717, 1.165) is 0 Å². The molecule has 0 saturated heterocycles. The molecule has 0 unspecified atom stereocenters. The number of hydrogen-bond acceptors (Lipinski definition) is 2. The Morgan fingerprint density at radius 2 is 1.93 bits per heavy atom. The second kappa shape index (κ2) is 5.18. The largest absolute Gasteiger partial charge is 0.481 e. The summed E-state index contributed by atoms with van der Waals surface area (Å²) in [6, 6.07) is 0. The minimum atomic E-state index is -0.779. The first-order chi connectivity index (χ1) is 6.71. The molecule has 0 aliphatic rings. The predicted molar refractivity (Wildman–Crippen MR) is 59.5 cm³/mol. The van der Waals surface area contributed by atoms with Crippen LogP contribution in [0.5, 0.6) is 0 Å². The van der Waals surface area contributed by atoms with Crippen molar-refractivity contribution in [3.8, 4) is 12.3 Å². The first kappa shape index (κ1) is 14.0. The molecule has 0 fully saturated rings. The minimum Gasteiger partial charge on any atom is -0.481 e. The van der Waals surface area contributed by atoms with Gasteiger partial charge in [-0.05, 0) is 40.5 Å². The van der Waals surface area contributed by atoms with E-state index < -0.39 is 17.0 Å². The van der Waals surface area contributed by atoms with E-state index in [-0.39, 0.29) is 0 Å². The van der Waals surface area contributed by atoms with Gasteiger partial charge < -0.3 is 9.84 Å². The van der Waals surface area contributed by atoms with Crippen molar-refractivity contribution in [2.75, 3.05) is 6.61 Å². The van der Waals surface area contributed by atoms with Gasteiger partial charge in [-0.15, -0.1) is 6.42 Å². The van der Waals surface area contributed by atoms with Crippen molar-refractivity contribution >= 4 is 5.97 Å². The average Bonchev–Trinajstić information content (AvgIpc) is 2.12. The van der Waals surface area contributed by atoms with Crippen LogP contribution < -0.4 is 0 Å². The fourth-order valence-corrected chi connectivity index (χ4v) is 0.990. The minimum absolute atomic E-state index is 0.494. The Balaban J connectivity index is 3.83. The molecule has 3 heteroatoms. The molecule has 0 amide bonds. The summed E-state index contributed by atoms with van der Waals surface area (Å²) in [5.41, 5.74) is -1.25. The van der Waals surface area contributed by atoms with E-state index in [1.807, 2.05) is 13.8 Å². The molecule has 0 saturated carbocycles. The summed E-state index contributed by atoms with van der Waals surface area (Å²) in [4.78, 5) is 10.8. The molecule has 0 heterocycles. The van der Waals surface area contributed by atoms with Gasteiger partial charge in [-0.2, -0.15) is 0 Å². The zero-order valence-electron chi connectivity index (χ0n) is 9.96. The van der Waals surface area contributed by atoms with Crippen LogP contribution in [-0.2, 0) is 9.53 Å². The molecule has 0 atom stereocenters. The fraction of sp³-hybridized carbons (Fsp3) is 0.750. The van der Waals surface area contributed by atoms with E-state index >= 15 is 0 Å². The number of hydrogen-bond donors (Lipinski definition) is 1. The Kier molecular flexibility index (Phi) is 4.83. The van der Waals surface area contributed by atoms with Crippen LogP contribution >= 0.6 is 0 Å². The topological polar surface area (TPSA) is 46.5 Å². The van der Waals surface area contributed by atoms with E-state index in [1.54, 1.807) is 13.8 Å². The molecule has 0 bridgehead atoms. The maximum Gasteiger partial charge on any atom is 0.309 e. The van der Waals surface area contributed by atoms with Gasteiger partial charge in [0, 0.05) is 6.61 Å². The maximum atomic E-state index is 10.8. The Morgan fingerprint density at radius 1 is 1.40 bits per heavy atom. The van der Waals surface area contributed by atoms with Crippen LogP contribution in [0, 0.1) is 17.8 Å². The molecule has 0 aromatic carbocycles. The number of terminal acetylenes is 1. The van der Waals surface area contributed by atoms with Gasteiger partial charge in [0.1, 0.15) is 5.60 Å². The molecule has 0 aromatic rings. The molecule has 0 aliphatic carbocycles. The Hall–Kier alpha value is -1.01. The second-order valence-electron chi connectivity index (χ2n) is 4.80. The van der Waals surface area contributed by atoms with Crippen LogP contribution in [0.15, 0.2) is 0 Å².